The van der Waals surface area contributed by atoms with Crippen LogP contribution in [0.5, 0.6) is 0 Å². The van der Waals surface area contributed by atoms with E-state index in [9.17, 15) is 0 Å². The number of aryl methyl sites for hydroxylation is 2. The Labute approximate surface area is 402 Å². The number of fused-ring (bicyclic) bond motifs is 1. The van der Waals surface area contributed by atoms with Crippen LogP contribution in [0.4, 0.5) is 5.69 Å². The van der Waals surface area contributed by atoms with E-state index in [4.69, 9.17) is 14.5 Å². The number of unbranched alkanes of at least 4 members (excludes halogenated alkanes) is 18. The van der Waals surface area contributed by atoms with Crippen molar-refractivity contribution in [1.29, 1.82) is 0 Å². The maximum absolute atomic E-state index is 6.34. The lowest BCUT2D eigenvalue weighted by molar-refractivity contribution is 0.284. The zero-order chi connectivity index (χ0) is 46.6. The lowest BCUT2D eigenvalue weighted by Gasteiger charge is -2.32. The minimum absolute atomic E-state index is 0.0393. The SMILES string of the molecule is CCCCCCCCCCCCc1ccc(C=CC2=NN(c3ccc(-c4nc5cc(C(C)(C)CC(C)(C)C)ccc5o4)cc3)C(c3ccc(CCCCCCCCCCCC)cc3)C2)cc1. The van der Waals surface area contributed by atoms with E-state index in [1.54, 1.807) is 0 Å². The number of nitrogens with zero attached hydrogens (tertiary/aromatic N) is 3. The second kappa shape index (κ2) is 26.2. The Morgan fingerprint density at radius 3 is 1.62 bits per heavy atom. The lowest BCUT2D eigenvalue weighted by atomic mass is 9.72. The molecule has 0 fully saturated rings. The molecule has 0 spiro atoms. The first kappa shape index (κ1) is 51.0. The highest BCUT2D eigenvalue weighted by molar-refractivity contribution is 6.01. The third kappa shape index (κ3) is 16.4. The molecule has 4 heteroatoms. The Kier molecular flexibility index (Phi) is 20.2. The molecular formula is C62H87N3O. The third-order valence-corrected chi connectivity index (χ3v) is 13.9. The van der Waals surface area contributed by atoms with Gasteiger partial charge in [0.2, 0.25) is 5.89 Å². The summed E-state index contributed by atoms with van der Waals surface area (Å²) in [5.74, 6) is 0.653. The Morgan fingerprint density at radius 1 is 0.576 bits per heavy atom. The van der Waals surface area contributed by atoms with E-state index in [-0.39, 0.29) is 16.9 Å². The molecule has 356 valence electrons. The summed E-state index contributed by atoms with van der Waals surface area (Å²) in [5, 5.41) is 7.51. The zero-order valence-electron chi connectivity index (χ0n) is 42.6. The molecule has 0 aliphatic carbocycles. The number of rotatable bonds is 29. The van der Waals surface area contributed by atoms with Gasteiger partial charge in [-0.15, -0.1) is 0 Å². The molecular weight excluding hydrogens is 803 g/mol. The number of benzene rings is 4. The van der Waals surface area contributed by atoms with Crippen LogP contribution in [0.3, 0.4) is 0 Å². The smallest absolute Gasteiger partial charge is 0.227 e. The van der Waals surface area contributed by atoms with Crippen molar-refractivity contribution in [1.82, 2.24) is 4.98 Å². The Hall–Kier alpha value is -4.44. The van der Waals surface area contributed by atoms with Crippen LogP contribution in [0, 0.1) is 5.41 Å². The predicted octanol–water partition coefficient (Wildman–Crippen LogP) is 19.2. The number of allylic oxidation sites excluding steroid dienone is 1. The molecule has 1 aliphatic heterocycles. The van der Waals surface area contributed by atoms with Crippen molar-refractivity contribution in [3.05, 3.63) is 125 Å². The molecule has 0 bridgehead atoms. The summed E-state index contributed by atoms with van der Waals surface area (Å²) in [5.41, 5.74) is 11.9. The van der Waals surface area contributed by atoms with Gasteiger partial charge >= 0.3 is 0 Å². The van der Waals surface area contributed by atoms with Gasteiger partial charge in [0.25, 0.3) is 0 Å². The van der Waals surface area contributed by atoms with Crippen molar-refractivity contribution in [2.75, 3.05) is 5.01 Å². The lowest BCUT2D eigenvalue weighted by Crippen LogP contribution is -2.24. The molecule has 1 unspecified atom stereocenters. The van der Waals surface area contributed by atoms with Gasteiger partial charge in [-0.2, -0.15) is 5.10 Å². The van der Waals surface area contributed by atoms with Gasteiger partial charge in [-0.3, -0.25) is 5.01 Å². The fraction of sp³-hybridized carbons (Fsp3) is 0.548. The van der Waals surface area contributed by atoms with Crippen molar-refractivity contribution < 1.29 is 4.42 Å². The van der Waals surface area contributed by atoms with Crippen molar-refractivity contribution in [3.8, 4) is 11.5 Å². The fourth-order valence-electron chi connectivity index (χ4n) is 10.3. The van der Waals surface area contributed by atoms with Gasteiger partial charge in [0.05, 0.1) is 17.4 Å². The quantitative estimate of drug-likeness (QED) is 0.0449. The minimum Gasteiger partial charge on any atom is -0.436 e. The van der Waals surface area contributed by atoms with E-state index < -0.39 is 0 Å². The average Bonchev–Trinajstić information content (AvgIpc) is 3.94. The summed E-state index contributed by atoms with van der Waals surface area (Å²) in [6.07, 6.45) is 36.2. The van der Waals surface area contributed by atoms with Crippen molar-refractivity contribution in [2.24, 2.45) is 10.5 Å². The standard InChI is InChI=1S/C62H87N3O/c1-8-10-12-14-16-18-20-22-24-26-28-49-30-32-51(33-31-49)36-42-55-47-58(52-37-34-50(35-38-52)29-27-25-23-21-19-17-15-13-11-9-2)65(64-55)56-43-39-53(40-44-56)60-63-57-46-54(41-45-59(57)66-60)62(6,7)48-61(3,4)5/h30-46,58H,8-29,47-48H2,1-7H3. The molecule has 66 heavy (non-hydrogen) atoms. The van der Waals surface area contributed by atoms with Gasteiger partial charge in [0.15, 0.2) is 5.58 Å². The molecule has 0 radical (unpaired) electrons. The first-order valence-electron chi connectivity index (χ1n) is 26.8. The van der Waals surface area contributed by atoms with Crippen LogP contribution in [0.25, 0.3) is 28.6 Å². The van der Waals surface area contributed by atoms with Crippen molar-refractivity contribution >= 4 is 28.6 Å². The van der Waals surface area contributed by atoms with Crippen LogP contribution in [0.2, 0.25) is 0 Å². The molecule has 1 atom stereocenters. The third-order valence-electron chi connectivity index (χ3n) is 13.9. The number of anilines is 1. The predicted molar refractivity (Wildman–Crippen MR) is 287 cm³/mol. The van der Waals surface area contributed by atoms with E-state index in [0.29, 0.717) is 5.89 Å². The van der Waals surface area contributed by atoms with Gasteiger partial charge in [0, 0.05) is 12.0 Å². The zero-order valence-corrected chi connectivity index (χ0v) is 42.6. The van der Waals surface area contributed by atoms with Crippen molar-refractivity contribution in [2.45, 2.75) is 214 Å². The molecule has 6 rings (SSSR count). The Balaban J connectivity index is 1.09. The second-order valence-corrected chi connectivity index (χ2v) is 21.7. The molecule has 5 aromatic rings. The van der Waals surface area contributed by atoms with E-state index in [2.05, 4.69) is 157 Å². The van der Waals surface area contributed by atoms with E-state index in [1.165, 1.54) is 163 Å². The molecule has 0 saturated heterocycles. The number of hydrogen-bond acceptors (Lipinski definition) is 4. The van der Waals surface area contributed by atoms with Crippen LogP contribution in [0.15, 0.2) is 107 Å². The summed E-state index contributed by atoms with van der Waals surface area (Å²) in [6.45, 7) is 16.2. The van der Waals surface area contributed by atoms with E-state index >= 15 is 0 Å². The molecule has 2 heterocycles. The highest BCUT2D eigenvalue weighted by Gasteiger charge is 2.30. The van der Waals surface area contributed by atoms with Gasteiger partial charge in [-0.25, -0.2) is 4.98 Å². The molecule has 1 aliphatic rings. The van der Waals surface area contributed by atoms with Gasteiger partial charge in [-0.1, -0.05) is 225 Å². The molecule has 4 nitrogen and oxygen atoms in total. The van der Waals surface area contributed by atoms with Gasteiger partial charge in [0.1, 0.15) is 5.52 Å². The first-order chi connectivity index (χ1) is 32.0. The number of hydrazone groups is 1. The maximum Gasteiger partial charge on any atom is 0.227 e. The largest absolute Gasteiger partial charge is 0.436 e. The maximum atomic E-state index is 6.34. The highest BCUT2D eigenvalue weighted by atomic mass is 16.3. The van der Waals surface area contributed by atoms with E-state index in [0.717, 1.165) is 47.3 Å². The molecule has 1 aromatic heterocycles. The molecule has 4 aromatic carbocycles. The normalized spacial score (nSPS) is 14.6. The molecule has 0 saturated carbocycles. The summed E-state index contributed by atoms with van der Waals surface area (Å²) >= 11 is 0. The summed E-state index contributed by atoms with van der Waals surface area (Å²) in [7, 11) is 0. The van der Waals surface area contributed by atoms with E-state index in [1.807, 2.05) is 0 Å². The topological polar surface area (TPSA) is 41.6 Å². The molecule has 0 N–H and O–H groups in total. The van der Waals surface area contributed by atoms with Gasteiger partial charge in [-0.05, 0) is 113 Å². The monoisotopic (exact) mass is 890 g/mol. The summed E-state index contributed by atoms with van der Waals surface area (Å²) in [6, 6.07) is 33.9. The Morgan fingerprint density at radius 2 is 1.09 bits per heavy atom. The van der Waals surface area contributed by atoms with Crippen molar-refractivity contribution in [3.63, 3.8) is 0 Å². The highest BCUT2D eigenvalue weighted by Crippen LogP contribution is 2.39. The summed E-state index contributed by atoms with van der Waals surface area (Å²) in [4.78, 5) is 4.99. The number of oxazole rings is 1. The molecule has 0 amide bonds. The van der Waals surface area contributed by atoms with Gasteiger partial charge < -0.3 is 4.42 Å². The first-order valence-corrected chi connectivity index (χ1v) is 26.8. The van der Waals surface area contributed by atoms with Crippen LogP contribution < -0.4 is 5.01 Å². The number of aromatic nitrogens is 1. The van der Waals surface area contributed by atoms with Crippen LogP contribution >= 0.6 is 0 Å². The number of hydrogen-bond donors (Lipinski definition) is 0. The minimum atomic E-state index is 0.0393. The van der Waals surface area contributed by atoms with Crippen LogP contribution in [-0.4, -0.2) is 10.7 Å². The Bertz CT molecular complexity index is 2200. The van der Waals surface area contributed by atoms with Crippen LogP contribution in [0.1, 0.15) is 224 Å². The summed E-state index contributed by atoms with van der Waals surface area (Å²) < 4.78 is 6.34. The second-order valence-electron chi connectivity index (χ2n) is 21.7. The van der Waals surface area contributed by atoms with Crippen LogP contribution in [-0.2, 0) is 18.3 Å². The average molecular weight is 890 g/mol. The fourth-order valence-corrected chi connectivity index (χ4v) is 10.3.